The molecule has 0 bridgehead atoms. The lowest BCUT2D eigenvalue weighted by molar-refractivity contribution is 0.193. The Kier molecular flexibility index (Phi) is 5.20. The summed E-state index contributed by atoms with van der Waals surface area (Å²) < 4.78 is 10.7. The standard InChI is InChI=1S/C22H24N4O3/c1-14-6-9-17(13-15(14)2)23-22(27)26-12-4-5-19(26)21-24-20(25-29-21)16-7-10-18(28-3)11-8-16/h6-11,13,19H,4-5,12H2,1-3H3,(H,23,27)/t19-/m1/s1. The number of anilines is 1. The zero-order valence-electron chi connectivity index (χ0n) is 16.8. The average Bonchev–Trinajstić information content (AvgIpc) is 3.40. The van der Waals surface area contributed by atoms with E-state index >= 15 is 0 Å². The molecule has 7 nitrogen and oxygen atoms in total. The first-order valence-corrected chi connectivity index (χ1v) is 9.68. The number of nitrogens with one attached hydrogen (secondary N) is 1. The highest BCUT2D eigenvalue weighted by atomic mass is 16.5. The van der Waals surface area contributed by atoms with Gasteiger partial charge in [0.25, 0.3) is 0 Å². The lowest BCUT2D eigenvalue weighted by atomic mass is 10.1. The molecule has 0 unspecified atom stereocenters. The molecular formula is C22H24N4O3. The number of aromatic nitrogens is 2. The summed E-state index contributed by atoms with van der Waals surface area (Å²) in [5.74, 6) is 1.73. The zero-order valence-corrected chi connectivity index (χ0v) is 16.8. The molecule has 0 aliphatic carbocycles. The topological polar surface area (TPSA) is 80.5 Å². The third-order valence-corrected chi connectivity index (χ3v) is 5.35. The van der Waals surface area contributed by atoms with Crippen molar-refractivity contribution in [2.24, 2.45) is 0 Å². The second kappa shape index (κ2) is 7.95. The lowest BCUT2D eigenvalue weighted by Gasteiger charge is -2.22. The molecule has 1 N–H and O–H groups in total. The van der Waals surface area contributed by atoms with Gasteiger partial charge in [-0.2, -0.15) is 4.98 Å². The molecule has 1 atom stereocenters. The van der Waals surface area contributed by atoms with Gasteiger partial charge < -0.3 is 19.5 Å². The van der Waals surface area contributed by atoms with E-state index in [0.717, 1.165) is 35.4 Å². The van der Waals surface area contributed by atoms with Crippen molar-refractivity contribution in [3.05, 3.63) is 59.5 Å². The molecule has 1 saturated heterocycles. The van der Waals surface area contributed by atoms with E-state index in [0.29, 0.717) is 18.3 Å². The van der Waals surface area contributed by atoms with Gasteiger partial charge in [-0.25, -0.2) is 4.79 Å². The monoisotopic (exact) mass is 392 g/mol. The number of hydrogen-bond acceptors (Lipinski definition) is 5. The molecule has 7 heteroatoms. The number of likely N-dealkylation sites (tertiary alicyclic amines) is 1. The Morgan fingerprint density at radius 1 is 1.17 bits per heavy atom. The fourth-order valence-electron chi connectivity index (χ4n) is 3.51. The van der Waals surface area contributed by atoms with Gasteiger partial charge in [0.1, 0.15) is 11.8 Å². The van der Waals surface area contributed by atoms with Crippen molar-refractivity contribution >= 4 is 11.7 Å². The van der Waals surface area contributed by atoms with Crippen molar-refractivity contribution in [1.82, 2.24) is 15.0 Å². The maximum absolute atomic E-state index is 12.9. The number of benzene rings is 2. The Bertz CT molecular complexity index is 1010. The second-order valence-electron chi connectivity index (χ2n) is 7.27. The first kappa shape index (κ1) is 19.0. The predicted molar refractivity (Wildman–Crippen MR) is 110 cm³/mol. The van der Waals surface area contributed by atoms with Gasteiger partial charge in [-0.1, -0.05) is 11.2 Å². The highest BCUT2D eigenvalue weighted by molar-refractivity contribution is 5.89. The van der Waals surface area contributed by atoms with E-state index in [-0.39, 0.29) is 12.1 Å². The summed E-state index contributed by atoms with van der Waals surface area (Å²) in [7, 11) is 1.62. The van der Waals surface area contributed by atoms with Gasteiger partial charge >= 0.3 is 6.03 Å². The zero-order chi connectivity index (χ0) is 20.4. The summed E-state index contributed by atoms with van der Waals surface area (Å²) in [4.78, 5) is 19.2. The van der Waals surface area contributed by atoms with Crippen LogP contribution < -0.4 is 10.1 Å². The molecule has 0 radical (unpaired) electrons. The Balaban J connectivity index is 1.49. The third kappa shape index (κ3) is 3.94. The molecule has 4 rings (SSSR count). The van der Waals surface area contributed by atoms with E-state index in [1.54, 1.807) is 12.0 Å². The summed E-state index contributed by atoms with van der Waals surface area (Å²) >= 11 is 0. The van der Waals surface area contributed by atoms with Crippen LogP contribution >= 0.6 is 0 Å². The van der Waals surface area contributed by atoms with E-state index in [9.17, 15) is 4.79 Å². The van der Waals surface area contributed by atoms with Crippen molar-refractivity contribution in [1.29, 1.82) is 0 Å². The number of aryl methyl sites for hydroxylation is 2. The van der Waals surface area contributed by atoms with Crippen LogP contribution in [-0.4, -0.2) is 34.7 Å². The van der Waals surface area contributed by atoms with Gasteiger partial charge in [-0.15, -0.1) is 0 Å². The molecule has 2 aromatic carbocycles. The molecule has 3 aromatic rings. The second-order valence-corrected chi connectivity index (χ2v) is 7.27. The number of carbonyl (C=O) groups excluding carboxylic acids is 1. The van der Waals surface area contributed by atoms with Crippen molar-refractivity contribution in [2.45, 2.75) is 32.7 Å². The van der Waals surface area contributed by atoms with E-state index in [4.69, 9.17) is 9.26 Å². The van der Waals surface area contributed by atoms with Crippen LogP contribution in [0.1, 0.15) is 35.9 Å². The molecule has 0 spiro atoms. The highest BCUT2D eigenvalue weighted by Crippen LogP contribution is 2.33. The summed E-state index contributed by atoms with van der Waals surface area (Å²) in [6, 6.07) is 13.0. The minimum Gasteiger partial charge on any atom is -0.497 e. The predicted octanol–water partition coefficient (Wildman–Crippen LogP) is 4.73. The van der Waals surface area contributed by atoms with Gasteiger partial charge in [-0.05, 0) is 74.2 Å². The minimum absolute atomic E-state index is 0.153. The van der Waals surface area contributed by atoms with Crippen LogP contribution in [-0.2, 0) is 0 Å². The molecule has 1 aliphatic heterocycles. The number of rotatable bonds is 4. The minimum atomic E-state index is -0.221. The lowest BCUT2D eigenvalue weighted by Crippen LogP contribution is -2.34. The summed E-state index contributed by atoms with van der Waals surface area (Å²) in [5, 5.41) is 7.09. The number of urea groups is 1. The van der Waals surface area contributed by atoms with E-state index in [2.05, 4.69) is 15.5 Å². The fraction of sp³-hybridized carbons (Fsp3) is 0.318. The van der Waals surface area contributed by atoms with Crippen LogP contribution in [0, 0.1) is 13.8 Å². The molecule has 0 saturated carbocycles. The van der Waals surface area contributed by atoms with Gasteiger partial charge in [0, 0.05) is 17.8 Å². The quantitative estimate of drug-likeness (QED) is 0.694. The first-order valence-electron chi connectivity index (χ1n) is 9.68. The maximum atomic E-state index is 12.9. The van der Waals surface area contributed by atoms with Crippen LogP contribution in [0.25, 0.3) is 11.4 Å². The number of hydrogen-bond donors (Lipinski definition) is 1. The fourth-order valence-corrected chi connectivity index (χ4v) is 3.51. The average molecular weight is 392 g/mol. The number of methoxy groups -OCH3 is 1. The molecule has 2 heterocycles. The van der Waals surface area contributed by atoms with Gasteiger partial charge in [0.2, 0.25) is 11.7 Å². The highest BCUT2D eigenvalue weighted by Gasteiger charge is 2.34. The van der Waals surface area contributed by atoms with Gasteiger partial charge in [-0.3, -0.25) is 0 Å². The van der Waals surface area contributed by atoms with Crippen molar-refractivity contribution in [3.63, 3.8) is 0 Å². The molecule has 1 aromatic heterocycles. The Labute approximate surface area is 169 Å². The Morgan fingerprint density at radius 3 is 2.69 bits per heavy atom. The van der Waals surface area contributed by atoms with Crippen LogP contribution in [0.4, 0.5) is 10.5 Å². The number of ether oxygens (including phenoxy) is 1. The Morgan fingerprint density at radius 2 is 1.97 bits per heavy atom. The first-order chi connectivity index (χ1) is 14.0. The van der Waals surface area contributed by atoms with Crippen LogP contribution in [0.2, 0.25) is 0 Å². The summed E-state index contributed by atoms with van der Waals surface area (Å²) in [6.07, 6.45) is 1.69. The largest absolute Gasteiger partial charge is 0.497 e. The molecule has 1 aliphatic rings. The SMILES string of the molecule is COc1ccc(-c2noc([C@H]3CCCN3C(=O)Nc3ccc(C)c(C)c3)n2)cc1. The molecule has 150 valence electrons. The summed E-state index contributed by atoms with van der Waals surface area (Å²) in [5.41, 5.74) is 3.96. The van der Waals surface area contributed by atoms with Crippen LogP contribution in [0.5, 0.6) is 5.75 Å². The van der Waals surface area contributed by atoms with E-state index in [1.807, 2.05) is 56.3 Å². The third-order valence-electron chi connectivity index (χ3n) is 5.35. The van der Waals surface area contributed by atoms with E-state index < -0.39 is 0 Å². The summed E-state index contributed by atoms with van der Waals surface area (Å²) in [6.45, 7) is 4.73. The smallest absolute Gasteiger partial charge is 0.322 e. The van der Waals surface area contributed by atoms with Crippen molar-refractivity contribution in [2.75, 3.05) is 19.0 Å². The number of nitrogens with zero attached hydrogens (tertiary/aromatic N) is 3. The molecule has 2 amide bonds. The Hall–Kier alpha value is -3.35. The van der Waals surface area contributed by atoms with E-state index in [1.165, 1.54) is 5.56 Å². The van der Waals surface area contributed by atoms with Crippen LogP contribution in [0.3, 0.4) is 0 Å². The normalized spacial score (nSPS) is 16.1. The van der Waals surface area contributed by atoms with Crippen molar-refractivity contribution in [3.8, 4) is 17.1 Å². The number of amides is 2. The molecule has 29 heavy (non-hydrogen) atoms. The van der Waals surface area contributed by atoms with Gasteiger partial charge in [0.05, 0.1) is 7.11 Å². The van der Waals surface area contributed by atoms with Crippen LogP contribution in [0.15, 0.2) is 47.0 Å². The molecular weight excluding hydrogens is 368 g/mol. The van der Waals surface area contributed by atoms with Crippen molar-refractivity contribution < 1.29 is 14.1 Å². The van der Waals surface area contributed by atoms with Gasteiger partial charge in [0.15, 0.2) is 0 Å². The molecule has 1 fully saturated rings. The number of carbonyl (C=O) groups is 1. The maximum Gasteiger partial charge on any atom is 0.322 e.